The first kappa shape index (κ1) is 14.5. The number of aromatic nitrogens is 1. The SMILES string of the molecule is CC[NH+]1CCCC(Nc2ccnc3cc4ccccc4cc23)C1. The lowest BCUT2D eigenvalue weighted by molar-refractivity contribution is -0.903. The van der Waals surface area contributed by atoms with E-state index >= 15 is 0 Å². The van der Waals surface area contributed by atoms with Crippen LogP contribution in [0.3, 0.4) is 0 Å². The molecule has 3 heteroatoms. The topological polar surface area (TPSA) is 29.4 Å². The molecular weight excluding hydrogens is 282 g/mol. The van der Waals surface area contributed by atoms with E-state index in [1.807, 2.05) is 6.20 Å². The zero-order valence-electron chi connectivity index (χ0n) is 13.7. The van der Waals surface area contributed by atoms with Crippen molar-refractivity contribution >= 4 is 27.4 Å². The molecule has 2 N–H and O–H groups in total. The number of anilines is 1. The van der Waals surface area contributed by atoms with Crippen LogP contribution < -0.4 is 10.2 Å². The van der Waals surface area contributed by atoms with Crippen LogP contribution in [-0.4, -0.2) is 30.7 Å². The number of rotatable bonds is 3. The summed E-state index contributed by atoms with van der Waals surface area (Å²) in [4.78, 5) is 6.28. The van der Waals surface area contributed by atoms with E-state index in [1.54, 1.807) is 4.90 Å². The van der Waals surface area contributed by atoms with Crippen LogP contribution in [0, 0.1) is 0 Å². The van der Waals surface area contributed by atoms with Crippen molar-refractivity contribution in [3.8, 4) is 0 Å². The molecule has 2 atom stereocenters. The smallest absolute Gasteiger partial charge is 0.0975 e. The molecule has 1 aliphatic heterocycles. The molecule has 1 fully saturated rings. The minimum absolute atomic E-state index is 0.566. The average Bonchev–Trinajstić information content (AvgIpc) is 2.60. The minimum atomic E-state index is 0.566. The largest absolute Gasteiger partial charge is 0.376 e. The lowest BCUT2D eigenvalue weighted by Gasteiger charge is -2.30. The maximum atomic E-state index is 4.57. The number of nitrogens with zero attached hydrogens (tertiary/aromatic N) is 1. The van der Waals surface area contributed by atoms with Crippen LogP contribution in [-0.2, 0) is 0 Å². The molecule has 3 aromatic rings. The third kappa shape index (κ3) is 2.89. The van der Waals surface area contributed by atoms with Crippen LogP contribution in [0.5, 0.6) is 0 Å². The summed E-state index contributed by atoms with van der Waals surface area (Å²) >= 11 is 0. The average molecular weight is 306 g/mol. The van der Waals surface area contributed by atoms with Crippen molar-refractivity contribution in [1.29, 1.82) is 0 Å². The van der Waals surface area contributed by atoms with E-state index in [0.717, 1.165) is 5.52 Å². The first-order chi connectivity index (χ1) is 11.3. The summed E-state index contributed by atoms with van der Waals surface area (Å²) < 4.78 is 0. The highest BCUT2D eigenvalue weighted by molar-refractivity contribution is 6.01. The first-order valence-electron chi connectivity index (χ1n) is 8.71. The van der Waals surface area contributed by atoms with Gasteiger partial charge in [0.2, 0.25) is 0 Å². The monoisotopic (exact) mass is 306 g/mol. The molecule has 1 aromatic heterocycles. The minimum Gasteiger partial charge on any atom is -0.376 e. The Bertz CT molecular complexity index is 827. The summed E-state index contributed by atoms with van der Waals surface area (Å²) in [5.74, 6) is 0. The summed E-state index contributed by atoms with van der Waals surface area (Å²) in [6.45, 7) is 6.04. The highest BCUT2D eigenvalue weighted by atomic mass is 15.2. The molecule has 0 saturated carbocycles. The van der Waals surface area contributed by atoms with E-state index in [9.17, 15) is 0 Å². The van der Waals surface area contributed by atoms with Gasteiger partial charge in [-0.15, -0.1) is 0 Å². The molecule has 4 rings (SSSR count). The number of likely N-dealkylation sites (N-methyl/N-ethyl adjacent to an activating group) is 1. The van der Waals surface area contributed by atoms with Crippen molar-refractivity contribution in [3.05, 3.63) is 48.7 Å². The molecule has 3 nitrogen and oxygen atoms in total. The predicted molar refractivity (Wildman–Crippen MR) is 97.1 cm³/mol. The summed E-state index contributed by atoms with van der Waals surface area (Å²) in [5, 5.41) is 7.56. The Hall–Kier alpha value is -2.13. The van der Waals surface area contributed by atoms with Crippen LogP contribution >= 0.6 is 0 Å². The normalized spacial score (nSPS) is 21.6. The number of benzene rings is 2. The molecule has 2 aromatic carbocycles. The van der Waals surface area contributed by atoms with E-state index in [-0.39, 0.29) is 0 Å². The van der Waals surface area contributed by atoms with Gasteiger partial charge in [-0.2, -0.15) is 0 Å². The van der Waals surface area contributed by atoms with Crippen LogP contribution in [0.4, 0.5) is 5.69 Å². The molecule has 0 bridgehead atoms. The number of pyridine rings is 1. The number of quaternary nitrogens is 1. The third-order valence-electron chi connectivity index (χ3n) is 5.09. The Balaban J connectivity index is 1.70. The van der Waals surface area contributed by atoms with Gasteiger partial charge in [0.1, 0.15) is 0 Å². The molecule has 0 spiro atoms. The Morgan fingerprint density at radius 3 is 2.83 bits per heavy atom. The molecule has 118 valence electrons. The van der Waals surface area contributed by atoms with Gasteiger partial charge >= 0.3 is 0 Å². The van der Waals surface area contributed by atoms with Gasteiger partial charge < -0.3 is 10.2 Å². The zero-order valence-corrected chi connectivity index (χ0v) is 13.7. The van der Waals surface area contributed by atoms with Crippen LogP contribution in [0.25, 0.3) is 21.7 Å². The third-order valence-corrected chi connectivity index (χ3v) is 5.09. The molecular formula is C20H24N3+. The summed E-state index contributed by atoms with van der Waals surface area (Å²) in [6, 6.07) is 15.7. The zero-order chi connectivity index (χ0) is 15.6. The number of piperidine rings is 1. The number of hydrogen-bond acceptors (Lipinski definition) is 2. The van der Waals surface area contributed by atoms with E-state index in [1.165, 1.54) is 54.3 Å². The number of nitrogens with one attached hydrogen (secondary N) is 2. The van der Waals surface area contributed by atoms with Crippen LogP contribution in [0.1, 0.15) is 19.8 Å². The van der Waals surface area contributed by atoms with Gasteiger partial charge in [-0.1, -0.05) is 24.3 Å². The number of likely N-dealkylation sites (tertiary alicyclic amines) is 1. The lowest BCUT2D eigenvalue weighted by Crippen LogP contribution is -3.14. The van der Waals surface area contributed by atoms with Crippen molar-refractivity contribution in [3.63, 3.8) is 0 Å². The maximum absolute atomic E-state index is 4.57. The first-order valence-corrected chi connectivity index (χ1v) is 8.71. The van der Waals surface area contributed by atoms with Crippen molar-refractivity contribution in [2.75, 3.05) is 25.0 Å². The molecule has 0 amide bonds. The Kier molecular flexibility index (Phi) is 3.88. The molecule has 0 radical (unpaired) electrons. The fourth-order valence-corrected chi connectivity index (χ4v) is 3.77. The van der Waals surface area contributed by atoms with Gasteiger partial charge in [-0.05, 0) is 48.7 Å². The van der Waals surface area contributed by atoms with Crippen molar-refractivity contribution < 1.29 is 4.90 Å². The molecule has 23 heavy (non-hydrogen) atoms. The van der Waals surface area contributed by atoms with Crippen LogP contribution in [0.2, 0.25) is 0 Å². The fourth-order valence-electron chi connectivity index (χ4n) is 3.77. The maximum Gasteiger partial charge on any atom is 0.0975 e. The second-order valence-electron chi connectivity index (χ2n) is 6.62. The van der Waals surface area contributed by atoms with Crippen molar-refractivity contribution in [2.24, 2.45) is 0 Å². The highest BCUT2D eigenvalue weighted by Crippen LogP contribution is 2.27. The molecule has 2 heterocycles. The van der Waals surface area contributed by atoms with Gasteiger partial charge in [0.15, 0.2) is 0 Å². The Morgan fingerprint density at radius 2 is 2.00 bits per heavy atom. The van der Waals surface area contributed by atoms with E-state index in [2.05, 4.69) is 59.7 Å². The molecule has 2 unspecified atom stereocenters. The van der Waals surface area contributed by atoms with Crippen molar-refractivity contribution in [1.82, 2.24) is 4.98 Å². The summed E-state index contributed by atoms with van der Waals surface area (Å²) in [7, 11) is 0. The van der Waals surface area contributed by atoms with E-state index in [0.29, 0.717) is 6.04 Å². The van der Waals surface area contributed by atoms with Crippen molar-refractivity contribution in [2.45, 2.75) is 25.8 Å². The predicted octanol–water partition coefficient (Wildman–Crippen LogP) is 2.87. The Labute approximate surface area is 137 Å². The molecule has 1 aliphatic rings. The molecule has 1 saturated heterocycles. The van der Waals surface area contributed by atoms with Gasteiger partial charge in [0.05, 0.1) is 31.2 Å². The lowest BCUT2D eigenvalue weighted by atomic mass is 10.0. The standard InChI is InChI=1S/C20H23N3/c1-2-23-11-5-8-17(14-23)22-19-9-10-21-20-13-16-7-4-3-6-15(16)12-18(19)20/h3-4,6-7,9-10,12-13,17H,2,5,8,11,14H2,1H3,(H,21,22)/p+1. The molecule has 0 aliphatic carbocycles. The van der Waals surface area contributed by atoms with E-state index < -0.39 is 0 Å². The van der Waals surface area contributed by atoms with Gasteiger partial charge in [-0.25, -0.2) is 0 Å². The second-order valence-corrected chi connectivity index (χ2v) is 6.62. The van der Waals surface area contributed by atoms with Crippen LogP contribution in [0.15, 0.2) is 48.7 Å². The summed E-state index contributed by atoms with van der Waals surface area (Å²) in [6.07, 6.45) is 4.50. The summed E-state index contributed by atoms with van der Waals surface area (Å²) in [5.41, 5.74) is 2.30. The highest BCUT2D eigenvalue weighted by Gasteiger charge is 2.22. The van der Waals surface area contributed by atoms with Gasteiger partial charge in [0, 0.05) is 17.3 Å². The fraction of sp³-hybridized carbons (Fsp3) is 0.350. The van der Waals surface area contributed by atoms with Gasteiger partial charge in [-0.3, -0.25) is 4.98 Å². The van der Waals surface area contributed by atoms with Gasteiger partial charge in [0.25, 0.3) is 0 Å². The number of fused-ring (bicyclic) bond motifs is 2. The Morgan fingerprint density at radius 1 is 1.17 bits per heavy atom. The second kappa shape index (κ2) is 6.17. The van der Waals surface area contributed by atoms with E-state index in [4.69, 9.17) is 0 Å². The quantitative estimate of drug-likeness (QED) is 0.729. The number of hydrogen-bond donors (Lipinski definition) is 2.